The van der Waals surface area contributed by atoms with Gasteiger partial charge in [0.1, 0.15) is 17.3 Å². The number of halogens is 4. The molecule has 0 radical (unpaired) electrons. The third kappa shape index (κ3) is 3.12. The highest BCUT2D eigenvalue weighted by Crippen LogP contribution is 2.39. The predicted octanol–water partition coefficient (Wildman–Crippen LogP) is 4.47. The van der Waals surface area contributed by atoms with Gasteiger partial charge < -0.3 is 15.7 Å². The molecule has 1 aliphatic carbocycles. The SMILES string of the molecule is OC(Nc1ccc(Br)cc1F)c1cnn2c1NC(=C1CC1)C=C2C(F)F. The molecule has 0 saturated heterocycles. The fourth-order valence-corrected chi connectivity index (χ4v) is 3.10. The maximum Gasteiger partial charge on any atom is 0.280 e. The highest BCUT2D eigenvalue weighted by molar-refractivity contribution is 9.10. The molecule has 0 bridgehead atoms. The number of hydrogen-bond donors (Lipinski definition) is 3. The van der Waals surface area contributed by atoms with Gasteiger partial charge >= 0.3 is 0 Å². The summed E-state index contributed by atoms with van der Waals surface area (Å²) in [6.07, 6.45) is 0.322. The van der Waals surface area contributed by atoms with E-state index in [1.807, 2.05) is 0 Å². The number of anilines is 2. The minimum Gasteiger partial charge on any atom is -0.369 e. The van der Waals surface area contributed by atoms with Gasteiger partial charge in [-0.1, -0.05) is 15.9 Å². The lowest BCUT2D eigenvalue weighted by Gasteiger charge is -2.22. The van der Waals surface area contributed by atoms with Gasteiger partial charge in [0.25, 0.3) is 6.43 Å². The van der Waals surface area contributed by atoms with Crippen LogP contribution in [0.2, 0.25) is 0 Å². The van der Waals surface area contributed by atoms with Crippen LogP contribution >= 0.6 is 15.9 Å². The first-order valence-corrected chi connectivity index (χ1v) is 8.70. The zero-order valence-corrected chi connectivity index (χ0v) is 14.9. The van der Waals surface area contributed by atoms with Crippen molar-refractivity contribution in [3.8, 4) is 0 Å². The van der Waals surface area contributed by atoms with Crippen LogP contribution in [0.5, 0.6) is 0 Å². The molecule has 1 atom stereocenters. The molecule has 1 unspecified atom stereocenters. The predicted molar refractivity (Wildman–Crippen MR) is 95.1 cm³/mol. The summed E-state index contributed by atoms with van der Waals surface area (Å²) in [5, 5.41) is 20.1. The number of aliphatic hydroxyl groups excluding tert-OH is 1. The Bertz CT molecular complexity index is 932. The molecule has 2 aliphatic rings. The summed E-state index contributed by atoms with van der Waals surface area (Å²) in [5.41, 5.74) is 1.72. The van der Waals surface area contributed by atoms with E-state index >= 15 is 0 Å². The molecule has 1 aliphatic heterocycles. The molecule has 5 nitrogen and oxygen atoms in total. The summed E-state index contributed by atoms with van der Waals surface area (Å²) in [6.45, 7) is 0. The summed E-state index contributed by atoms with van der Waals surface area (Å²) < 4.78 is 42.4. The minimum absolute atomic E-state index is 0.0851. The number of alkyl halides is 2. The van der Waals surface area contributed by atoms with E-state index in [-0.39, 0.29) is 22.8 Å². The largest absolute Gasteiger partial charge is 0.369 e. The average Bonchev–Trinajstić information content (AvgIpc) is 3.35. The lowest BCUT2D eigenvalue weighted by molar-refractivity contribution is 0.204. The molecule has 136 valence electrons. The van der Waals surface area contributed by atoms with Crippen molar-refractivity contribution in [2.24, 2.45) is 0 Å². The van der Waals surface area contributed by atoms with Crippen LogP contribution in [-0.4, -0.2) is 21.3 Å². The Hall–Kier alpha value is -2.26. The van der Waals surface area contributed by atoms with Gasteiger partial charge in [-0.2, -0.15) is 5.10 Å². The first-order valence-electron chi connectivity index (χ1n) is 7.91. The number of aliphatic hydroxyl groups is 1. The van der Waals surface area contributed by atoms with E-state index in [1.54, 1.807) is 6.07 Å². The smallest absolute Gasteiger partial charge is 0.280 e. The topological polar surface area (TPSA) is 62.1 Å². The van der Waals surface area contributed by atoms with Crippen LogP contribution in [-0.2, 0) is 0 Å². The van der Waals surface area contributed by atoms with Crippen molar-refractivity contribution in [3.05, 3.63) is 57.6 Å². The highest BCUT2D eigenvalue weighted by Gasteiger charge is 2.30. The number of rotatable bonds is 4. The Labute approximate surface area is 155 Å². The van der Waals surface area contributed by atoms with Gasteiger partial charge in [-0.25, -0.2) is 17.9 Å². The second-order valence-corrected chi connectivity index (χ2v) is 6.96. The first kappa shape index (κ1) is 17.2. The van der Waals surface area contributed by atoms with Crippen LogP contribution in [0.3, 0.4) is 0 Å². The molecular formula is C17H14BrF3N4O. The van der Waals surface area contributed by atoms with Gasteiger partial charge in [0.05, 0.1) is 17.4 Å². The molecule has 1 fully saturated rings. The minimum atomic E-state index is -2.72. The lowest BCUT2D eigenvalue weighted by Crippen LogP contribution is -2.19. The van der Waals surface area contributed by atoms with E-state index in [2.05, 4.69) is 31.7 Å². The molecule has 2 heterocycles. The standard InChI is InChI=1S/C17H14BrF3N4O/c18-9-3-4-12(11(19)5-9)24-17(26)10-7-22-25-14(15(20)21)6-13(8-1-2-8)23-16(10)25/h3-7,15,17,23-24,26H,1-2H2. The van der Waals surface area contributed by atoms with Crippen LogP contribution in [0, 0.1) is 5.82 Å². The number of hydrogen-bond acceptors (Lipinski definition) is 4. The fourth-order valence-electron chi connectivity index (χ4n) is 2.76. The summed E-state index contributed by atoms with van der Waals surface area (Å²) in [4.78, 5) is 0. The summed E-state index contributed by atoms with van der Waals surface area (Å²) in [5.74, 6) is -0.309. The number of nitrogens with one attached hydrogen (secondary N) is 2. The van der Waals surface area contributed by atoms with Crippen molar-refractivity contribution in [3.63, 3.8) is 0 Å². The molecule has 4 rings (SSSR count). The number of aromatic nitrogens is 2. The number of nitrogens with zero attached hydrogens (tertiary/aromatic N) is 2. The molecule has 1 aromatic carbocycles. The second-order valence-electron chi connectivity index (χ2n) is 6.04. The Morgan fingerprint density at radius 1 is 1.31 bits per heavy atom. The summed E-state index contributed by atoms with van der Waals surface area (Å²) in [7, 11) is 0. The zero-order valence-electron chi connectivity index (χ0n) is 13.3. The van der Waals surface area contributed by atoms with Crippen molar-refractivity contribution in [1.29, 1.82) is 0 Å². The normalized spacial score (nSPS) is 16.9. The second kappa shape index (κ2) is 6.48. The molecule has 0 amide bonds. The zero-order chi connectivity index (χ0) is 18.4. The number of benzene rings is 1. The molecule has 1 saturated carbocycles. The van der Waals surface area contributed by atoms with E-state index in [1.165, 1.54) is 24.4 Å². The molecular weight excluding hydrogens is 413 g/mol. The van der Waals surface area contributed by atoms with Gasteiger partial charge in [0.2, 0.25) is 0 Å². The molecule has 3 N–H and O–H groups in total. The van der Waals surface area contributed by atoms with Crippen molar-refractivity contribution < 1.29 is 18.3 Å². The van der Waals surface area contributed by atoms with E-state index in [4.69, 9.17) is 0 Å². The molecule has 0 spiro atoms. The maximum atomic E-state index is 14.0. The summed E-state index contributed by atoms with van der Waals surface area (Å²) in [6, 6.07) is 4.35. The lowest BCUT2D eigenvalue weighted by atomic mass is 10.2. The number of allylic oxidation sites excluding steroid dienone is 3. The Morgan fingerprint density at radius 2 is 2.08 bits per heavy atom. The highest BCUT2D eigenvalue weighted by atomic mass is 79.9. The average molecular weight is 427 g/mol. The van der Waals surface area contributed by atoms with E-state index in [0.717, 1.165) is 23.1 Å². The van der Waals surface area contributed by atoms with Crippen molar-refractivity contribution in [2.45, 2.75) is 25.5 Å². The third-order valence-corrected chi connectivity index (χ3v) is 4.70. The number of fused-ring (bicyclic) bond motifs is 1. The quantitative estimate of drug-likeness (QED) is 0.631. The van der Waals surface area contributed by atoms with E-state index < -0.39 is 18.5 Å². The van der Waals surface area contributed by atoms with E-state index in [0.29, 0.717) is 10.2 Å². The van der Waals surface area contributed by atoms with Crippen LogP contribution in [0.15, 0.2) is 46.2 Å². The van der Waals surface area contributed by atoms with Crippen molar-refractivity contribution in [2.75, 3.05) is 10.6 Å². The van der Waals surface area contributed by atoms with Crippen LogP contribution in [0.25, 0.3) is 5.70 Å². The van der Waals surface area contributed by atoms with Crippen LogP contribution in [0.1, 0.15) is 24.6 Å². The Kier molecular flexibility index (Phi) is 4.28. The summed E-state index contributed by atoms with van der Waals surface area (Å²) >= 11 is 3.16. The van der Waals surface area contributed by atoms with Gasteiger partial charge in [0, 0.05) is 10.2 Å². The molecule has 26 heavy (non-hydrogen) atoms. The monoisotopic (exact) mass is 426 g/mol. The van der Waals surface area contributed by atoms with E-state index in [9.17, 15) is 18.3 Å². The van der Waals surface area contributed by atoms with Crippen LogP contribution in [0.4, 0.5) is 24.7 Å². The third-order valence-electron chi connectivity index (χ3n) is 4.21. The van der Waals surface area contributed by atoms with Gasteiger partial charge in [-0.05, 0) is 42.7 Å². The van der Waals surface area contributed by atoms with Gasteiger partial charge in [0.15, 0.2) is 6.23 Å². The molecule has 9 heteroatoms. The molecule has 1 aromatic heterocycles. The van der Waals surface area contributed by atoms with Crippen LogP contribution < -0.4 is 10.6 Å². The van der Waals surface area contributed by atoms with Gasteiger partial charge in [-0.15, -0.1) is 0 Å². The fraction of sp³-hybridized carbons (Fsp3) is 0.235. The first-order chi connectivity index (χ1) is 12.4. The Balaban J connectivity index is 1.67. The maximum absolute atomic E-state index is 14.0. The molecule has 2 aromatic rings. The Morgan fingerprint density at radius 3 is 2.73 bits per heavy atom. The van der Waals surface area contributed by atoms with Crippen molar-refractivity contribution >= 4 is 33.1 Å². The van der Waals surface area contributed by atoms with Crippen molar-refractivity contribution in [1.82, 2.24) is 9.78 Å². The van der Waals surface area contributed by atoms with Gasteiger partial charge in [-0.3, -0.25) is 0 Å².